The number of hydrogen-bond acceptors (Lipinski definition) is 5. The molecular weight excluding hydrogens is 749 g/mol. The molecule has 4 aromatic heterocycles. The highest BCUT2D eigenvalue weighted by Gasteiger charge is 2.22. The zero-order valence-corrected chi connectivity index (χ0v) is 32.6. The molecule has 0 amide bonds. The first-order valence-electron chi connectivity index (χ1n) is 20.4. The minimum Gasteiger partial charge on any atom is -0.456 e. The van der Waals surface area contributed by atoms with Crippen molar-refractivity contribution in [2.24, 2.45) is 0 Å². The van der Waals surface area contributed by atoms with Gasteiger partial charge < -0.3 is 13.4 Å². The fourth-order valence-corrected chi connectivity index (χ4v) is 9.15. The van der Waals surface area contributed by atoms with Crippen LogP contribution in [-0.2, 0) is 0 Å². The molecule has 13 rings (SSSR count). The van der Waals surface area contributed by atoms with E-state index in [9.17, 15) is 0 Å². The van der Waals surface area contributed by atoms with Gasteiger partial charge in [0.05, 0.1) is 22.1 Å². The molecule has 6 nitrogen and oxygen atoms in total. The van der Waals surface area contributed by atoms with E-state index in [1.54, 1.807) is 0 Å². The molecule has 0 radical (unpaired) electrons. The molecule has 9 aromatic carbocycles. The van der Waals surface area contributed by atoms with Gasteiger partial charge in [-0.3, -0.25) is 0 Å². The molecule has 6 heteroatoms. The maximum atomic E-state index is 6.73. The Morgan fingerprint density at radius 2 is 0.902 bits per heavy atom. The van der Waals surface area contributed by atoms with Gasteiger partial charge in [-0.1, -0.05) is 127 Å². The number of rotatable bonds is 5. The molecular formula is C55H32N4O2. The van der Waals surface area contributed by atoms with Gasteiger partial charge in [-0.15, -0.1) is 0 Å². The third-order valence-electron chi connectivity index (χ3n) is 12.0. The van der Waals surface area contributed by atoms with Gasteiger partial charge in [-0.2, -0.15) is 0 Å². The molecule has 0 bridgehead atoms. The molecule has 4 heterocycles. The molecule has 284 valence electrons. The first kappa shape index (κ1) is 33.6. The Balaban J connectivity index is 1.10. The lowest BCUT2D eigenvalue weighted by molar-refractivity contribution is 0.668. The van der Waals surface area contributed by atoms with Gasteiger partial charge >= 0.3 is 0 Å². The second kappa shape index (κ2) is 13.1. The van der Waals surface area contributed by atoms with Crippen LogP contribution in [0, 0.1) is 0 Å². The Morgan fingerprint density at radius 1 is 0.311 bits per heavy atom. The normalized spacial score (nSPS) is 11.9. The van der Waals surface area contributed by atoms with E-state index in [2.05, 4.69) is 150 Å². The van der Waals surface area contributed by atoms with Gasteiger partial charge in [0.15, 0.2) is 17.5 Å². The number of nitrogens with zero attached hydrogens (tertiary/aromatic N) is 4. The van der Waals surface area contributed by atoms with Crippen molar-refractivity contribution in [3.05, 3.63) is 194 Å². The second-order valence-corrected chi connectivity index (χ2v) is 15.6. The van der Waals surface area contributed by atoms with Crippen LogP contribution in [0.1, 0.15) is 0 Å². The SMILES string of the molecule is c1ccc(-c2cccc(-c3nc(-c4cc(-n5c6ccccc6c6cc7ccccc7cc65)c5c(c4)oc4ccccc45)nc(-c4ccc5oc6ccccc6c5c4)n3)c2)cc1. The lowest BCUT2D eigenvalue weighted by Crippen LogP contribution is -2.02. The lowest BCUT2D eigenvalue weighted by atomic mass is 10.0. The quantitative estimate of drug-likeness (QED) is 0.174. The lowest BCUT2D eigenvalue weighted by Gasteiger charge is -2.14. The molecule has 0 saturated carbocycles. The van der Waals surface area contributed by atoms with Crippen LogP contribution in [0.25, 0.3) is 127 Å². The van der Waals surface area contributed by atoms with E-state index in [0.717, 1.165) is 88.4 Å². The molecule has 0 aliphatic heterocycles. The summed E-state index contributed by atoms with van der Waals surface area (Å²) in [7, 11) is 0. The molecule has 0 fully saturated rings. The molecule has 13 aromatic rings. The number of hydrogen-bond donors (Lipinski definition) is 0. The van der Waals surface area contributed by atoms with Crippen molar-refractivity contribution < 1.29 is 8.83 Å². The first-order valence-corrected chi connectivity index (χ1v) is 20.4. The molecule has 0 saturated heterocycles. The largest absolute Gasteiger partial charge is 0.456 e. The zero-order valence-electron chi connectivity index (χ0n) is 32.6. The van der Waals surface area contributed by atoms with Crippen molar-refractivity contribution >= 4 is 76.5 Å². The molecule has 61 heavy (non-hydrogen) atoms. The van der Waals surface area contributed by atoms with Crippen molar-refractivity contribution in [2.75, 3.05) is 0 Å². The predicted octanol–water partition coefficient (Wildman–Crippen LogP) is 14.6. The Labute approximate surface area is 348 Å². The van der Waals surface area contributed by atoms with Crippen LogP contribution in [-0.4, -0.2) is 19.5 Å². The Kier molecular flexibility index (Phi) is 7.21. The summed E-state index contributed by atoms with van der Waals surface area (Å²) >= 11 is 0. The van der Waals surface area contributed by atoms with Gasteiger partial charge in [0.1, 0.15) is 22.3 Å². The van der Waals surface area contributed by atoms with Crippen LogP contribution >= 0.6 is 0 Å². The van der Waals surface area contributed by atoms with E-state index < -0.39 is 0 Å². The summed E-state index contributed by atoms with van der Waals surface area (Å²) in [5, 5.41) is 8.87. The summed E-state index contributed by atoms with van der Waals surface area (Å²) in [6, 6.07) is 67.5. The highest BCUT2D eigenvalue weighted by molar-refractivity contribution is 6.17. The monoisotopic (exact) mass is 780 g/mol. The minimum atomic E-state index is 0.539. The van der Waals surface area contributed by atoms with Crippen molar-refractivity contribution in [3.63, 3.8) is 0 Å². The maximum Gasteiger partial charge on any atom is 0.164 e. The number of benzene rings is 9. The molecule has 0 atom stereocenters. The fourth-order valence-electron chi connectivity index (χ4n) is 9.15. The standard InChI is InChI=1S/C55H32N4O2/c1-2-13-33(14-3-1)34-17-12-18-37(27-34)53-56-54(38-25-26-50-44(29-38)41-20-7-10-23-48(41)60-50)58-55(57-53)39-31-47(52-42-21-8-11-24-49(42)61-51(52)32-39)59-45-22-9-6-19-40(45)43-28-35-15-4-5-16-36(35)30-46(43)59/h1-32H. The predicted molar refractivity (Wildman–Crippen MR) is 248 cm³/mol. The van der Waals surface area contributed by atoms with Crippen LogP contribution in [0.5, 0.6) is 0 Å². The van der Waals surface area contributed by atoms with Crippen LogP contribution in [0.2, 0.25) is 0 Å². The fraction of sp³-hybridized carbons (Fsp3) is 0. The van der Waals surface area contributed by atoms with E-state index >= 15 is 0 Å². The van der Waals surface area contributed by atoms with Crippen LogP contribution in [0.3, 0.4) is 0 Å². The van der Waals surface area contributed by atoms with Crippen LogP contribution in [0.4, 0.5) is 0 Å². The molecule has 0 spiro atoms. The van der Waals surface area contributed by atoms with Crippen LogP contribution in [0.15, 0.2) is 203 Å². The average molecular weight is 781 g/mol. The van der Waals surface area contributed by atoms with E-state index in [1.165, 1.54) is 21.5 Å². The van der Waals surface area contributed by atoms with Gasteiger partial charge in [0, 0.05) is 43.6 Å². The Hall–Kier alpha value is -8.35. The summed E-state index contributed by atoms with van der Waals surface area (Å²) in [6.45, 7) is 0. The second-order valence-electron chi connectivity index (χ2n) is 15.6. The van der Waals surface area contributed by atoms with E-state index in [1.807, 2.05) is 48.5 Å². The molecule has 0 unspecified atom stereocenters. The van der Waals surface area contributed by atoms with Crippen molar-refractivity contribution in [2.45, 2.75) is 0 Å². The van der Waals surface area contributed by atoms with Gasteiger partial charge in [0.2, 0.25) is 0 Å². The summed E-state index contributed by atoms with van der Waals surface area (Å²) in [5.74, 6) is 1.67. The van der Waals surface area contributed by atoms with E-state index in [0.29, 0.717) is 17.5 Å². The van der Waals surface area contributed by atoms with E-state index in [4.69, 9.17) is 23.8 Å². The third-order valence-corrected chi connectivity index (χ3v) is 12.0. The number of fused-ring (bicyclic) bond motifs is 10. The topological polar surface area (TPSA) is 69.9 Å². The van der Waals surface area contributed by atoms with Crippen molar-refractivity contribution in [3.8, 4) is 51.0 Å². The van der Waals surface area contributed by atoms with Gasteiger partial charge in [-0.05, 0) is 88.6 Å². The van der Waals surface area contributed by atoms with Gasteiger partial charge in [0.25, 0.3) is 0 Å². The molecule has 0 aliphatic carbocycles. The Bertz CT molecular complexity index is 3900. The molecule has 0 N–H and O–H groups in total. The van der Waals surface area contributed by atoms with Crippen LogP contribution < -0.4 is 0 Å². The maximum absolute atomic E-state index is 6.73. The molecule has 0 aliphatic rings. The summed E-state index contributed by atoms with van der Waals surface area (Å²) in [4.78, 5) is 15.8. The smallest absolute Gasteiger partial charge is 0.164 e. The summed E-state index contributed by atoms with van der Waals surface area (Å²) < 4.78 is 15.3. The van der Waals surface area contributed by atoms with Crippen molar-refractivity contribution in [1.29, 1.82) is 0 Å². The number of aromatic nitrogens is 4. The third kappa shape index (κ3) is 5.32. The number of furan rings is 2. The highest BCUT2D eigenvalue weighted by atomic mass is 16.3. The Morgan fingerprint density at radius 3 is 1.72 bits per heavy atom. The van der Waals surface area contributed by atoms with Gasteiger partial charge in [-0.25, -0.2) is 15.0 Å². The van der Waals surface area contributed by atoms with Crippen molar-refractivity contribution in [1.82, 2.24) is 19.5 Å². The summed E-state index contributed by atoms with van der Waals surface area (Å²) in [5.41, 5.74) is 11.2. The number of para-hydroxylation sites is 3. The summed E-state index contributed by atoms with van der Waals surface area (Å²) in [6.07, 6.45) is 0. The zero-order chi connectivity index (χ0) is 40.0. The first-order chi connectivity index (χ1) is 30.2. The highest BCUT2D eigenvalue weighted by Crippen LogP contribution is 2.42. The minimum absolute atomic E-state index is 0.539. The average Bonchev–Trinajstić information content (AvgIpc) is 4.00. The van der Waals surface area contributed by atoms with E-state index in [-0.39, 0.29) is 0 Å².